The van der Waals surface area contributed by atoms with Crippen molar-refractivity contribution in [1.29, 1.82) is 0 Å². The van der Waals surface area contributed by atoms with Crippen LogP contribution >= 0.6 is 0 Å². The van der Waals surface area contributed by atoms with Crippen LogP contribution in [0.1, 0.15) is 57.1 Å². The van der Waals surface area contributed by atoms with Gasteiger partial charge in [-0.05, 0) is 37.8 Å². The predicted molar refractivity (Wildman–Crippen MR) is 63.7 cm³/mol. The van der Waals surface area contributed by atoms with Crippen molar-refractivity contribution in [1.82, 2.24) is 0 Å². The van der Waals surface area contributed by atoms with Gasteiger partial charge in [0.25, 0.3) is 0 Å². The Morgan fingerprint density at radius 2 is 1.80 bits per heavy atom. The molecular formula is C13H23NO. The Balaban J connectivity index is 2.66. The third-order valence-electron chi connectivity index (χ3n) is 2.92. The molecule has 1 atom stereocenters. The van der Waals surface area contributed by atoms with Crippen LogP contribution in [0.25, 0.3) is 0 Å². The van der Waals surface area contributed by atoms with Crippen molar-refractivity contribution in [2.75, 3.05) is 0 Å². The molecule has 86 valence electrons. The standard InChI is InChI=1S/C13H23NO/c1-4-6-11(7-5-2)13(14)12-9-8-10(3)15-12/h8-9,11,13H,4-7,14H2,1-3H3. The summed E-state index contributed by atoms with van der Waals surface area (Å²) in [7, 11) is 0. The van der Waals surface area contributed by atoms with E-state index in [2.05, 4.69) is 13.8 Å². The van der Waals surface area contributed by atoms with Gasteiger partial charge in [-0.25, -0.2) is 0 Å². The fourth-order valence-corrected chi connectivity index (χ4v) is 2.11. The van der Waals surface area contributed by atoms with Gasteiger partial charge in [-0.1, -0.05) is 26.7 Å². The Kier molecular flexibility index (Phi) is 4.89. The normalized spacial score (nSPS) is 13.4. The highest BCUT2D eigenvalue weighted by Gasteiger charge is 2.20. The highest BCUT2D eigenvalue weighted by molar-refractivity contribution is 5.10. The number of nitrogens with two attached hydrogens (primary N) is 1. The van der Waals surface area contributed by atoms with E-state index < -0.39 is 0 Å². The molecule has 0 fully saturated rings. The monoisotopic (exact) mass is 209 g/mol. The molecule has 0 aromatic carbocycles. The molecule has 1 rings (SSSR count). The van der Waals surface area contributed by atoms with Gasteiger partial charge in [-0.3, -0.25) is 0 Å². The Morgan fingerprint density at radius 1 is 1.20 bits per heavy atom. The minimum absolute atomic E-state index is 0.0681. The van der Waals surface area contributed by atoms with E-state index in [1.54, 1.807) is 0 Å². The molecule has 0 radical (unpaired) electrons. The average Bonchev–Trinajstić information content (AvgIpc) is 2.63. The fraction of sp³-hybridized carbons (Fsp3) is 0.692. The van der Waals surface area contributed by atoms with Gasteiger partial charge in [-0.2, -0.15) is 0 Å². The maximum atomic E-state index is 6.23. The second-order valence-electron chi connectivity index (χ2n) is 4.31. The van der Waals surface area contributed by atoms with E-state index >= 15 is 0 Å². The Morgan fingerprint density at radius 3 is 2.20 bits per heavy atom. The van der Waals surface area contributed by atoms with Crippen LogP contribution in [0, 0.1) is 12.8 Å². The molecule has 1 aromatic heterocycles. The highest BCUT2D eigenvalue weighted by atomic mass is 16.3. The quantitative estimate of drug-likeness (QED) is 0.774. The fourth-order valence-electron chi connectivity index (χ4n) is 2.11. The first-order valence-electron chi connectivity index (χ1n) is 6.00. The predicted octanol–water partition coefficient (Wildman–Crippen LogP) is 3.80. The number of furan rings is 1. The van der Waals surface area contributed by atoms with E-state index in [1.165, 1.54) is 25.7 Å². The first-order valence-corrected chi connectivity index (χ1v) is 6.00. The van der Waals surface area contributed by atoms with Crippen molar-refractivity contribution in [3.63, 3.8) is 0 Å². The van der Waals surface area contributed by atoms with Gasteiger partial charge in [0.05, 0.1) is 6.04 Å². The van der Waals surface area contributed by atoms with Gasteiger partial charge in [0.1, 0.15) is 11.5 Å². The minimum atomic E-state index is 0.0681. The summed E-state index contributed by atoms with van der Waals surface area (Å²) < 4.78 is 5.59. The van der Waals surface area contributed by atoms with Crippen LogP contribution in [0.3, 0.4) is 0 Å². The lowest BCUT2D eigenvalue weighted by atomic mass is 9.90. The lowest BCUT2D eigenvalue weighted by molar-refractivity contribution is 0.319. The molecule has 2 heteroatoms. The van der Waals surface area contributed by atoms with E-state index in [9.17, 15) is 0 Å². The largest absolute Gasteiger partial charge is 0.465 e. The average molecular weight is 209 g/mol. The minimum Gasteiger partial charge on any atom is -0.465 e. The molecule has 0 amide bonds. The number of aryl methyl sites for hydroxylation is 1. The Labute approximate surface area is 92.9 Å². The summed E-state index contributed by atoms with van der Waals surface area (Å²) in [6.45, 7) is 6.39. The van der Waals surface area contributed by atoms with Crippen LogP contribution in [0.15, 0.2) is 16.5 Å². The number of hydrogen-bond donors (Lipinski definition) is 1. The smallest absolute Gasteiger partial charge is 0.121 e. The molecule has 1 unspecified atom stereocenters. The molecule has 0 aliphatic heterocycles. The molecule has 0 saturated carbocycles. The van der Waals surface area contributed by atoms with Gasteiger partial charge >= 0.3 is 0 Å². The molecular weight excluding hydrogens is 186 g/mol. The lowest BCUT2D eigenvalue weighted by Crippen LogP contribution is -2.20. The van der Waals surface area contributed by atoms with Crippen molar-refractivity contribution in [2.45, 2.75) is 52.5 Å². The molecule has 15 heavy (non-hydrogen) atoms. The van der Waals surface area contributed by atoms with Crippen LogP contribution in [-0.2, 0) is 0 Å². The van der Waals surface area contributed by atoms with Crippen LogP contribution in [0.5, 0.6) is 0 Å². The molecule has 0 aliphatic carbocycles. The zero-order valence-electron chi connectivity index (χ0n) is 10.1. The van der Waals surface area contributed by atoms with E-state index in [1.807, 2.05) is 19.1 Å². The molecule has 0 spiro atoms. The third kappa shape index (κ3) is 3.38. The first kappa shape index (κ1) is 12.3. The van der Waals surface area contributed by atoms with Crippen LogP contribution < -0.4 is 5.73 Å². The van der Waals surface area contributed by atoms with Crippen LogP contribution in [-0.4, -0.2) is 0 Å². The second-order valence-corrected chi connectivity index (χ2v) is 4.31. The SMILES string of the molecule is CCCC(CCC)C(N)c1ccc(C)o1. The second kappa shape index (κ2) is 5.96. The number of rotatable bonds is 6. The summed E-state index contributed by atoms with van der Waals surface area (Å²) in [6, 6.07) is 4.07. The van der Waals surface area contributed by atoms with E-state index in [0.29, 0.717) is 5.92 Å². The molecule has 1 heterocycles. The Bertz CT molecular complexity index is 274. The zero-order chi connectivity index (χ0) is 11.3. The first-order chi connectivity index (χ1) is 7.19. The molecule has 0 aliphatic rings. The summed E-state index contributed by atoms with van der Waals surface area (Å²) in [5, 5.41) is 0. The van der Waals surface area contributed by atoms with Gasteiger partial charge < -0.3 is 10.2 Å². The summed E-state index contributed by atoms with van der Waals surface area (Å²) in [5.74, 6) is 2.46. The van der Waals surface area contributed by atoms with E-state index in [-0.39, 0.29) is 6.04 Å². The maximum Gasteiger partial charge on any atom is 0.121 e. The topological polar surface area (TPSA) is 39.2 Å². The summed E-state index contributed by atoms with van der Waals surface area (Å²) in [4.78, 5) is 0. The van der Waals surface area contributed by atoms with Crippen molar-refractivity contribution >= 4 is 0 Å². The Hall–Kier alpha value is -0.760. The van der Waals surface area contributed by atoms with Gasteiger partial charge in [-0.15, -0.1) is 0 Å². The van der Waals surface area contributed by atoms with Crippen LogP contribution in [0.2, 0.25) is 0 Å². The van der Waals surface area contributed by atoms with Crippen molar-refractivity contribution in [2.24, 2.45) is 11.7 Å². The van der Waals surface area contributed by atoms with Gasteiger partial charge in [0, 0.05) is 0 Å². The summed E-state index contributed by atoms with van der Waals surface area (Å²) in [6.07, 6.45) is 4.76. The molecule has 2 N–H and O–H groups in total. The van der Waals surface area contributed by atoms with Crippen molar-refractivity contribution < 1.29 is 4.42 Å². The third-order valence-corrected chi connectivity index (χ3v) is 2.92. The van der Waals surface area contributed by atoms with Gasteiger partial charge in [0.2, 0.25) is 0 Å². The maximum absolute atomic E-state index is 6.23. The number of hydrogen-bond acceptors (Lipinski definition) is 2. The van der Waals surface area contributed by atoms with Crippen molar-refractivity contribution in [3.05, 3.63) is 23.7 Å². The molecule has 1 aromatic rings. The summed E-state index contributed by atoms with van der Waals surface area (Å²) in [5.41, 5.74) is 6.23. The van der Waals surface area contributed by atoms with Crippen LogP contribution in [0.4, 0.5) is 0 Å². The van der Waals surface area contributed by atoms with Gasteiger partial charge in [0.15, 0.2) is 0 Å². The molecule has 0 saturated heterocycles. The van der Waals surface area contributed by atoms with E-state index in [0.717, 1.165) is 11.5 Å². The zero-order valence-corrected chi connectivity index (χ0v) is 10.1. The van der Waals surface area contributed by atoms with Crippen molar-refractivity contribution in [3.8, 4) is 0 Å². The highest BCUT2D eigenvalue weighted by Crippen LogP contribution is 2.28. The van der Waals surface area contributed by atoms with E-state index in [4.69, 9.17) is 10.2 Å². The molecule has 0 bridgehead atoms. The molecule has 2 nitrogen and oxygen atoms in total. The lowest BCUT2D eigenvalue weighted by Gasteiger charge is -2.21. The summed E-state index contributed by atoms with van der Waals surface area (Å²) >= 11 is 0.